The van der Waals surface area contributed by atoms with Crippen LogP contribution in [0, 0.1) is 0 Å². The van der Waals surface area contributed by atoms with Crippen LogP contribution >= 0.6 is 0 Å². The Hall–Kier alpha value is -2.56. The van der Waals surface area contributed by atoms with Gasteiger partial charge in [-0.25, -0.2) is 0 Å². The molecule has 0 bridgehead atoms. The third kappa shape index (κ3) is 4.24. The minimum atomic E-state index is -0.489. The molecule has 1 atom stereocenters. The highest BCUT2D eigenvalue weighted by atomic mass is 16.6. The third-order valence-electron chi connectivity index (χ3n) is 5.94. The zero-order valence-electron chi connectivity index (χ0n) is 18.0. The highest BCUT2D eigenvalue weighted by Gasteiger charge is 2.40. The van der Waals surface area contributed by atoms with Gasteiger partial charge in [-0.05, 0) is 58.6 Å². The van der Waals surface area contributed by atoms with Crippen molar-refractivity contribution in [2.75, 3.05) is 5.73 Å². The molecule has 0 spiro atoms. The maximum atomic E-state index is 12.4. The van der Waals surface area contributed by atoms with E-state index in [4.69, 9.17) is 10.5 Å². The first-order valence-electron chi connectivity index (χ1n) is 10.5. The van der Waals surface area contributed by atoms with E-state index >= 15 is 0 Å². The number of anilines is 1. The Labute approximate surface area is 173 Å². The molecular formula is C24H32N2O3. The number of nitrogens with two attached hydrogens (primary N) is 1. The molecule has 2 aromatic rings. The van der Waals surface area contributed by atoms with Crippen molar-refractivity contribution in [3.8, 4) is 11.1 Å². The van der Waals surface area contributed by atoms with Gasteiger partial charge in [-0.15, -0.1) is 0 Å². The Kier molecular flexibility index (Phi) is 5.87. The number of rotatable bonds is 6. The van der Waals surface area contributed by atoms with Gasteiger partial charge < -0.3 is 15.0 Å². The fourth-order valence-electron chi connectivity index (χ4n) is 4.62. The largest absolute Gasteiger partial charge is 0.460 e. The lowest BCUT2D eigenvalue weighted by atomic mass is 9.70. The number of fused-ring (bicyclic) bond motifs is 1. The highest BCUT2D eigenvalue weighted by Crippen LogP contribution is 2.47. The summed E-state index contributed by atoms with van der Waals surface area (Å²) in [6.45, 7) is 8.64. The van der Waals surface area contributed by atoms with E-state index in [0.29, 0.717) is 24.2 Å². The molecule has 3 rings (SSSR count). The quantitative estimate of drug-likeness (QED) is 0.418. The summed E-state index contributed by atoms with van der Waals surface area (Å²) >= 11 is 0. The van der Waals surface area contributed by atoms with Gasteiger partial charge in [0, 0.05) is 40.9 Å². The minimum Gasteiger partial charge on any atom is -0.460 e. The minimum absolute atomic E-state index is 0.176. The van der Waals surface area contributed by atoms with Gasteiger partial charge in [0.15, 0.2) is 6.29 Å². The molecule has 1 aliphatic heterocycles. The average molecular weight is 397 g/mol. The van der Waals surface area contributed by atoms with Crippen LogP contribution in [-0.2, 0) is 21.5 Å². The predicted molar refractivity (Wildman–Crippen MR) is 116 cm³/mol. The zero-order chi connectivity index (χ0) is 21.2. The van der Waals surface area contributed by atoms with Gasteiger partial charge in [-0.1, -0.05) is 25.1 Å². The van der Waals surface area contributed by atoms with Crippen molar-refractivity contribution >= 4 is 17.9 Å². The van der Waals surface area contributed by atoms with Crippen molar-refractivity contribution in [3.05, 3.63) is 41.7 Å². The number of nitrogens with zero attached hydrogens (tertiary/aromatic N) is 1. The van der Waals surface area contributed by atoms with Gasteiger partial charge in [-0.2, -0.15) is 0 Å². The molecular weight excluding hydrogens is 364 g/mol. The van der Waals surface area contributed by atoms with Gasteiger partial charge in [-0.3, -0.25) is 9.59 Å². The first-order chi connectivity index (χ1) is 13.7. The van der Waals surface area contributed by atoms with E-state index in [1.807, 2.05) is 51.1 Å². The highest BCUT2D eigenvalue weighted by molar-refractivity contribution is 5.85. The second kappa shape index (κ2) is 8.05. The van der Waals surface area contributed by atoms with Crippen LogP contribution in [0.3, 0.4) is 0 Å². The van der Waals surface area contributed by atoms with E-state index in [1.165, 1.54) is 0 Å². The Balaban J connectivity index is 2.05. The van der Waals surface area contributed by atoms with Crippen molar-refractivity contribution in [2.24, 2.45) is 0 Å². The Morgan fingerprint density at radius 1 is 1.28 bits per heavy atom. The smallest absolute Gasteiger partial charge is 0.306 e. The van der Waals surface area contributed by atoms with E-state index in [-0.39, 0.29) is 11.4 Å². The number of benzene rings is 1. The maximum Gasteiger partial charge on any atom is 0.306 e. The number of hydrogen-bond acceptors (Lipinski definition) is 4. The molecule has 29 heavy (non-hydrogen) atoms. The first kappa shape index (κ1) is 21.2. The molecule has 0 saturated heterocycles. The van der Waals surface area contributed by atoms with E-state index in [0.717, 1.165) is 48.9 Å². The topological polar surface area (TPSA) is 74.3 Å². The first-order valence-corrected chi connectivity index (χ1v) is 10.5. The number of hydrogen-bond donors (Lipinski definition) is 1. The predicted octanol–water partition coefficient (Wildman–Crippen LogP) is 5.11. The van der Waals surface area contributed by atoms with Gasteiger partial charge in [0.25, 0.3) is 0 Å². The van der Waals surface area contributed by atoms with Gasteiger partial charge in [0.05, 0.1) is 5.69 Å². The van der Waals surface area contributed by atoms with E-state index < -0.39 is 5.60 Å². The van der Waals surface area contributed by atoms with Crippen LogP contribution < -0.4 is 5.73 Å². The van der Waals surface area contributed by atoms with Crippen molar-refractivity contribution in [2.45, 2.75) is 77.4 Å². The molecule has 1 aromatic carbocycles. The summed E-state index contributed by atoms with van der Waals surface area (Å²) in [4.78, 5) is 24.2. The van der Waals surface area contributed by atoms with Crippen molar-refractivity contribution < 1.29 is 14.3 Å². The molecule has 2 heterocycles. The molecule has 5 nitrogen and oxygen atoms in total. The second-order valence-corrected chi connectivity index (χ2v) is 9.01. The van der Waals surface area contributed by atoms with Gasteiger partial charge in [0.1, 0.15) is 5.60 Å². The molecule has 0 fully saturated rings. The standard InChI is InChI=1S/C24H32N2O3/c1-5-24(13-11-21(28)29-23(2,3)4)12-8-14-26-17(16-27)15-19(22(24)26)18-9-6-7-10-20(18)25/h6-7,9-10,15-16H,5,8,11-14,25H2,1-4H3/t24-/m0/s1. The van der Waals surface area contributed by atoms with Crippen LogP contribution in [0.15, 0.2) is 30.3 Å². The Morgan fingerprint density at radius 3 is 2.62 bits per heavy atom. The van der Waals surface area contributed by atoms with E-state index in [1.54, 1.807) is 0 Å². The van der Waals surface area contributed by atoms with Crippen LogP contribution in [0.25, 0.3) is 11.1 Å². The van der Waals surface area contributed by atoms with Crippen LogP contribution in [0.5, 0.6) is 0 Å². The monoisotopic (exact) mass is 396 g/mol. The fourth-order valence-corrected chi connectivity index (χ4v) is 4.62. The molecule has 0 radical (unpaired) electrons. The van der Waals surface area contributed by atoms with Gasteiger partial charge >= 0.3 is 5.97 Å². The molecule has 0 unspecified atom stereocenters. The summed E-state index contributed by atoms with van der Waals surface area (Å²) < 4.78 is 7.68. The van der Waals surface area contributed by atoms with E-state index in [2.05, 4.69) is 11.5 Å². The van der Waals surface area contributed by atoms with E-state index in [9.17, 15) is 9.59 Å². The average Bonchev–Trinajstić information content (AvgIpc) is 3.05. The van der Waals surface area contributed by atoms with Crippen LogP contribution in [0.1, 0.15) is 76.0 Å². The number of aromatic nitrogens is 1. The molecule has 5 heteroatoms. The molecule has 0 amide bonds. The summed E-state index contributed by atoms with van der Waals surface area (Å²) in [7, 11) is 0. The number of ether oxygens (including phenoxy) is 1. The fraction of sp³-hybridized carbons (Fsp3) is 0.500. The molecule has 156 valence electrons. The zero-order valence-corrected chi connectivity index (χ0v) is 18.0. The summed E-state index contributed by atoms with van der Waals surface area (Å²) in [6, 6.07) is 9.72. The lowest BCUT2D eigenvalue weighted by Crippen LogP contribution is -2.35. The molecule has 1 aromatic heterocycles. The second-order valence-electron chi connectivity index (χ2n) is 9.01. The molecule has 1 aliphatic rings. The van der Waals surface area contributed by atoms with Crippen molar-refractivity contribution in [1.29, 1.82) is 0 Å². The SMILES string of the molecule is CC[C@@]1(CCC(=O)OC(C)(C)C)CCCn2c(C=O)cc(-c3ccccc3N)c21. The summed E-state index contributed by atoms with van der Waals surface area (Å²) in [5, 5.41) is 0. The van der Waals surface area contributed by atoms with Crippen molar-refractivity contribution in [3.63, 3.8) is 0 Å². The third-order valence-corrected chi connectivity index (χ3v) is 5.94. The molecule has 2 N–H and O–H groups in total. The summed E-state index contributed by atoms with van der Waals surface area (Å²) in [6.07, 6.45) is 4.82. The number of carbonyl (C=O) groups is 2. The lowest BCUT2D eigenvalue weighted by Gasteiger charge is -2.39. The Bertz CT molecular complexity index is 907. The molecule has 0 aliphatic carbocycles. The van der Waals surface area contributed by atoms with Crippen LogP contribution in [-0.4, -0.2) is 22.4 Å². The van der Waals surface area contributed by atoms with Crippen LogP contribution in [0.2, 0.25) is 0 Å². The van der Waals surface area contributed by atoms with Crippen molar-refractivity contribution in [1.82, 2.24) is 4.57 Å². The normalized spacial score (nSPS) is 18.9. The van der Waals surface area contributed by atoms with Gasteiger partial charge in [0.2, 0.25) is 0 Å². The number of esters is 1. The van der Waals surface area contributed by atoms with Crippen LogP contribution in [0.4, 0.5) is 5.69 Å². The number of carbonyl (C=O) groups excluding carboxylic acids is 2. The Morgan fingerprint density at radius 2 is 2.00 bits per heavy atom. The summed E-state index contributed by atoms with van der Waals surface area (Å²) in [5.74, 6) is -0.176. The lowest BCUT2D eigenvalue weighted by molar-refractivity contribution is -0.155. The maximum absolute atomic E-state index is 12.4. The molecule has 0 saturated carbocycles. The number of para-hydroxylation sites is 1. The number of nitrogen functional groups attached to an aromatic ring is 1. The number of aldehydes is 1. The summed E-state index contributed by atoms with van der Waals surface area (Å²) in [5.41, 5.74) is 10.1.